The molecule has 0 bridgehead atoms. The molecular formula is C8H10BrN. The van der Waals surface area contributed by atoms with E-state index in [2.05, 4.69) is 28.6 Å². The highest BCUT2D eigenvalue weighted by atomic mass is 79.9. The second-order valence-electron chi connectivity index (χ2n) is 2.40. The lowest BCUT2D eigenvalue weighted by atomic mass is 10.2. The summed E-state index contributed by atoms with van der Waals surface area (Å²) < 4.78 is 1.10. The fraction of sp³-hybridized carbons (Fsp3) is 0.250. The third kappa shape index (κ3) is 1.32. The molecule has 0 aromatic heterocycles. The topological polar surface area (TPSA) is 3.24 Å². The third-order valence-corrected chi connectivity index (χ3v) is 1.99. The smallest absolute Gasteiger partial charge is 0.0360 e. The number of allylic oxidation sites excluding steroid dienone is 3. The number of rotatable bonds is 0. The minimum Gasteiger partial charge on any atom is -0.350 e. The van der Waals surface area contributed by atoms with Crippen molar-refractivity contribution in [1.82, 2.24) is 4.90 Å². The SMILES string of the molecule is C=C1C(C)=CC(Br)=CN1C. The summed E-state index contributed by atoms with van der Waals surface area (Å²) in [7, 11) is 1.99. The van der Waals surface area contributed by atoms with Crippen molar-refractivity contribution < 1.29 is 0 Å². The minimum atomic E-state index is 1.06. The summed E-state index contributed by atoms with van der Waals surface area (Å²) in [5, 5.41) is 0. The van der Waals surface area contributed by atoms with E-state index >= 15 is 0 Å². The van der Waals surface area contributed by atoms with Crippen LogP contribution in [0.1, 0.15) is 6.92 Å². The van der Waals surface area contributed by atoms with Crippen molar-refractivity contribution in [2.45, 2.75) is 6.92 Å². The number of likely N-dealkylation sites (N-methyl/N-ethyl adjacent to an activating group) is 1. The first kappa shape index (κ1) is 7.61. The first-order valence-electron chi connectivity index (χ1n) is 3.09. The summed E-state index contributed by atoms with van der Waals surface area (Å²) in [5.74, 6) is 0. The Labute approximate surface area is 69.8 Å². The largest absolute Gasteiger partial charge is 0.350 e. The van der Waals surface area contributed by atoms with Gasteiger partial charge in [-0.3, -0.25) is 0 Å². The maximum absolute atomic E-state index is 3.90. The molecule has 10 heavy (non-hydrogen) atoms. The second-order valence-corrected chi connectivity index (χ2v) is 3.31. The average molecular weight is 200 g/mol. The molecule has 0 aromatic rings. The first-order valence-corrected chi connectivity index (χ1v) is 3.88. The van der Waals surface area contributed by atoms with Gasteiger partial charge < -0.3 is 4.90 Å². The quantitative estimate of drug-likeness (QED) is 0.580. The zero-order chi connectivity index (χ0) is 7.72. The van der Waals surface area contributed by atoms with Gasteiger partial charge in [-0.2, -0.15) is 0 Å². The van der Waals surface area contributed by atoms with Gasteiger partial charge >= 0.3 is 0 Å². The highest BCUT2D eigenvalue weighted by Gasteiger charge is 2.06. The molecule has 0 amide bonds. The van der Waals surface area contributed by atoms with Crippen molar-refractivity contribution in [3.63, 3.8) is 0 Å². The van der Waals surface area contributed by atoms with Crippen LogP contribution in [0.25, 0.3) is 0 Å². The minimum absolute atomic E-state index is 1.06. The maximum Gasteiger partial charge on any atom is 0.0360 e. The van der Waals surface area contributed by atoms with Gasteiger partial charge in [-0.05, 0) is 34.5 Å². The molecule has 0 radical (unpaired) electrons. The second kappa shape index (κ2) is 2.62. The van der Waals surface area contributed by atoms with Crippen molar-refractivity contribution >= 4 is 15.9 Å². The van der Waals surface area contributed by atoms with Gasteiger partial charge in [-0.15, -0.1) is 0 Å². The van der Waals surface area contributed by atoms with Crippen LogP contribution in [0.2, 0.25) is 0 Å². The third-order valence-electron chi connectivity index (χ3n) is 1.55. The van der Waals surface area contributed by atoms with Crippen LogP contribution in [0.3, 0.4) is 0 Å². The molecule has 0 saturated carbocycles. The van der Waals surface area contributed by atoms with E-state index < -0.39 is 0 Å². The Bertz CT molecular complexity index is 225. The monoisotopic (exact) mass is 199 g/mol. The molecule has 0 aliphatic carbocycles. The number of halogens is 1. The highest BCUT2D eigenvalue weighted by molar-refractivity contribution is 9.11. The van der Waals surface area contributed by atoms with E-state index in [1.165, 1.54) is 5.57 Å². The average Bonchev–Trinajstić information content (AvgIpc) is 1.82. The van der Waals surface area contributed by atoms with Crippen LogP contribution in [-0.4, -0.2) is 11.9 Å². The molecular weight excluding hydrogens is 190 g/mol. The van der Waals surface area contributed by atoms with E-state index in [1.807, 2.05) is 25.1 Å². The molecule has 1 rings (SSSR count). The Morgan fingerprint density at radius 3 is 2.70 bits per heavy atom. The Morgan fingerprint density at radius 1 is 1.60 bits per heavy atom. The van der Waals surface area contributed by atoms with Gasteiger partial charge in [0.1, 0.15) is 0 Å². The Morgan fingerprint density at radius 2 is 2.20 bits per heavy atom. The Balaban J connectivity index is 2.95. The molecule has 0 aromatic carbocycles. The van der Waals surface area contributed by atoms with E-state index in [-0.39, 0.29) is 0 Å². The molecule has 0 N–H and O–H groups in total. The summed E-state index contributed by atoms with van der Waals surface area (Å²) in [4.78, 5) is 2.00. The van der Waals surface area contributed by atoms with Crippen LogP contribution in [0, 0.1) is 0 Å². The molecule has 0 spiro atoms. The molecule has 0 fully saturated rings. The zero-order valence-electron chi connectivity index (χ0n) is 6.19. The summed E-state index contributed by atoms with van der Waals surface area (Å²) in [6, 6.07) is 0. The van der Waals surface area contributed by atoms with Crippen LogP contribution in [0.5, 0.6) is 0 Å². The van der Waals surface area contributed by atoms with Crippen molar-refractivity contribution in [3.05, 3.63) is 34.6 Å². The van der Waals surface area contributed by atoms with E-state index in [0.717, 1.165) is 10.2 Å². The van der Waals surface area contributed by atoms with Crippen LogP contribution < -0.4 is 0 Å². The van der Waals surface area contributed by atoms with Crippen molar-refractivity contribution in [2.24, 2.45) is 0 Å². The number of hydrogen-bond donors (Lipinski definition) is 0. The number of nitrogens with zero attached hydrogens (tertiary/aromatic N) is 1. The standard InChI is InChI=1S/C8H10BrN/c1-6-4-8(9)5-10(3)7(6)2/h4-5H,2H2,1,3H3. The van der Waals surface area contributed by atoms with Gasteiger partial charge in [-0.1, -0.05) is 6.58 Å². The summed E-state index contributed by atoms with van der Waals surface area (Å²) in [6.45, 7) is 5.95. The molecule has 0 saturated heterocycles. The zero-order valence-corrected chi connectivity index (χ0v) is 7.77. The van der Waals surface area contributed by atoms with Crippen LogP contribution in [-0.2, 0) is 0 Å². The molecule has 1 heterocycles. The van der Waals surface area contributed by atoms with Crippen molar-refractivity contribution in [1.29, 1.82) is 0 Å². The van der Waals surface area contributed by atoms with Gasteiger partial charge in [-0.25, -0.2) is 0 Å². The molecule has 0 unspecified atom stereocenters. The normalized spacial score (nSPS) is 18.7. The highest BCUT2D eigenvalue weighted by Crippen LogP contribution is 2.23. The molecule has 54 valence electrons. The van der Waals surface area contributed by atoms with Crippen LogP contribution in [0.15, 0.2) is 34.6 Å². The van der Waals surface area contributed by atoms with Gasteiger partial charge in [0.05, 0.1) is 0 Å². The summed E-state index contributed by atoms with van der Waals surface area (Å²) in [5.41, 5.74) is 2.26. The van der Waals surface area contributed by atoms with Crippen LogP contribution in [0.4, 0.5) is 0 Å². The van der Waals surface area contributed by atoms with Crippen molar-refractivity contribution in [2.75, 3.05) is 7.05 Å². The Kier molecular flexibility index (Phi) is 2.00. The lowest BCUT2D eigenvalue weighted by molar-refractivity contribution is 0.575. The Hall–Kier alpha value is -0.500. The summed E-state index contributed by atoms with van der Waals surface area (Å²) in [6.07, 6.45) is 4.05. The maximum atomic E-state index is 3.90. The van der Waals surface area contributed by atoms with Crippen LogP contribution >= 0.6 is 15.9 Å². The van der Waals surface area contributed by atoms with E-state index in [9.17, 15) is 0 Å². The van der Waals surface area contributed by atoms with Gasteiger partial charge in [0.25, 0.3) is 0 Å². The van der Waals surface area contributed by atoms with Gasteiger partial charge in [0, 0.05) is 23.4 Å². The number of hydrogen-bond acceptors (Lipinski definition) is 1. The molecule has 1 nitrogen and oxygen atoms in total. The van der Waals surface area contributed by atoms with E-state index in [0.29, 0.717) is 0 Å². The summed E-state index contributed by atoms with van der Waals surface area (Å²) >= 11 is 3.40. The molecule has 2 heteroatoms. The van der Waals surface area contributed by atoms with Gasteiger partial charge in [0.2, 0.25) is 0 Å². The van der Waals surface area contributed by atoms with Gasteiger partial charge in [0.15, 0.2) is 0 Å². The lowest BCUT2D eigenvalue weighted by Crippen LogP contribution is -2.13. The van der Waals surface area contributed by atoms with E-state index in [4.69, 9.17) is 0 Å². The van der Waals surface area contributed by atoms with E-state index in [1.54, 1.807) is 0 Å². The molecule has 0 atom stereocenters. The fourth-order valence-corrected chi connectivity index (χ4v) is 1.52. The first-order chi connectivity index (χ1) is 4.61. The molecule has 1 aliphatic heterocycles. The van der Waals surface area contributed by atoms with Crippen molar-refractivity contribution in [3.8, 4) is 0 Å². The fourth-order valence-electron chi connectivity index (χ4n) is 0.868. The molecule has 1 aliphatic rings. The lowest BCUT2D eigenvalue weighted by Gasteiger charge is -2.21. The predicted octanol–water partition coefficient (Wildman–Crippen LogP) is 2.63. The predicted molar refractivity (Wildman–Crippen MR) is 47.7 cm³/mol.